The fourth-order valence-corrected chi connectivity index (χ4v) is 1.57. The van der Waals surface area contributed by atoms with Gasteiger partial charge in [0.05, 0.1) is 10.7 Å². The fourth-order valence-electron chi connectivity index (χ4n) is 1.38. The number of carbonyl (C=O) groups excluding carboxylic acids is 1. The van der Waals surface area contributed by atoms with E-state index in [2.05, 4.69) is 12.2 Å². The molecule has 0 aromatic heterocycles. The number of nitrogens with one attached hydrogen (secondary N) is 1. The number of rotatable bonds is 4. The first kappa shape index (κ1) is 12.1. The van der Waals surface area contributed by atoms with E-state index in [0.717, 1.165) is 12.8 Å². The smallest absolute Gasteiger partial charge is 0.227 e. The molecule has 0 aliphatic heterocycles. The Kier molecular flexibility index (Phi) is 4.63. The second-order valence-electron chi connectivity index (χ2n) is 3.66. The third kappa shape index (κ3) is 3.56. The predicted molar refractivity (Wildman–Crippen MR) is 64.2 cm³/mol. The zero-order valence-corrected chi connectivity index (χ0v) is 9.84. The molecule has 1 rings (SSSR count). The molecule has 0 bridgehead atoms. The number of anilines is 1. The molecule has 0 heterocycles. The molecular formula is C12H16ClNO. The summed E-state index contributed by atoms with van der Waals surface area (Å²) in [6, 6.07) is 7.26. The summed E-state index contributed by atoms with van der Waals surface area (Å²) in [4.78, 5) is 11.7. The largest absolute Gasteiger partial charge is 0.325 e. The monoisotopic (exact) mass is 225 g/mol. The van der Waals surface area contributed by atoms with Crippen molar-refractivity contribution in [2.45, 2.75) is 26.7 Å². The number of carbonyl (C=O) groups is 1. The Labute approximate surface area is 95.6 Å². The van der Waals surface area contributed by atoms with E-state index in [1.54, 1.807) is 12.1 Å². The second kappa shape index (κ2) is 5.76. The zero-order chi connectivity index (χ0) is 11.3. The van der Waals surface area contributed by atoms with Crippen LogP contribution < -0.4 is 5.32 Å². The minimum absolute atomic E-state index is 0.0324. The van der Waals surface area contributed by atoms with Gasteiger partial charge in [-0.05, 0) is 18.6 Å². The molecule has 0 spiro atoms. The molecule has 0 fully saturated rings. The van der Waals surface area contributed by atoms with Crippen LogP contribution in [0, 0.1) is 5.92 Å². The van der Waals surface area contributed by atoms with Crippen LogP contribution in [-0.2, 0) is 4.79 Å². The average molecular weight is 226 g/mol. The molecule has 82 valence electrons. The maximum Gasteiger partial charge on any atom is 0.227 e. The van der Waals surface area contributed by atoms with E-state index in [1.165, 1.54) is 0 Å². The van der Waals surface area contributed by atoms with E-state index in [4.69, 9.17) is 11.6 Å². The lowest BCUT2D eigenvalue weighted by Gasteiger charge is -2.11. The fraction of sp³-hybridized carbons (Fsp3) is 0.417. The van der Waals surface area contributed by atoms with Crippen LogP contribution in [0.15, 0.2) is 24.3 Å². The third-order valence-electron chi connectivity index (χ3n) is 2.30. The van der Waals surface area contributed by atoms with Crippen LogP contribution in [-0.4, -0.2) is 5.91 Å². The van der Waals surface area contributed by atoms with Crippen molar-refractivity contribution in [3.05, 3.63) is 29.3 Å². The molecule has 0 saturated carbocycles. The van der Waals surface area contributed by atoms with Crippen LogP contribution in [0.1, 0.15) is 26.7 Å². The molecule has 1 amide bonds. The molecule has 1 N–H and O–H groups in total. The van der Waals surface area contributed by atoms with Crippen molar-refractivity contribution in [3.8, 4) is 0 Å². The van der Waals surface area contributed by atoms with E-state index < -0.39 is 0 Å². The van der Waals surface area contributed by atoms with Gasteiger partial charge in [0, 0.05) is 5.92 Å². The highest BCUT2D eigenvalue weighted by molar-refractivity contribution is 6.33. The van der Waals surface area contributed by atoms with Crippen LogP contribution in [0.4, 0.5) is 5.69 Å². The second-order valence-corrected chi connectivity index (χ2v) is 4.07. The Morgan fingerprint density at radius 3 is 2.73 bits per heavy atom. The number of benzene rings is 1. The Hall–Kier alpha value is -1.02. The van der Waals surface area contributed by atoms with Gasteiger partial charge in [-0.1, -0.05) is 44.0 Å². The summed E-state index contributed by atoms with van der Waals surface area (Å²) in [5.41, 5.74) is 0.687. The Morgan fingerprint density at radius 1 is 1.47 bits per heavy atom. The van der Waals surface area contributed by atoms with Gasteiger partial charge in [-0.2, -0.15) is 0 Å². The van der Waals surface area contributed by atoms with E-state index >= 15 is 0 Å². The van der Waals surface area contributed by atoms with E-state index in [1.807, 2.05) is 19.1 Å². The van der Waals surface area contributed by atoms with Gasteiger partial charge >= 0.3 is 0 Å². The number of hydrogen-bond donors (Lipinski definition) is 1. The number of amides is 1. The lowest BCUT2D eigenvalue weighted by molar-refractivity contribution is -0.119. The first-order chi connectivity index (χ1) is 7.15. The van der Waals surface area contributed by atoms with Crippen molar-refractivity contribution in [3.63, 3.8) is 0 Å². The topological polar surface area (TPSA) is 29.1 Å². The van der Waals surface area contributed by atoms with Gasteiger partial charge < -0.3 is 5.32 Å². The van der Waals surface area contributed by atoms with E-state index in [0.29, 0.717) is 10.7 Å². The van der Waals surface area contributed by atoms with Crippen LogP contribution in [0.5, 0.6) is 0 Å². The molecule has 1 aromatic rings. The molecule has 0 saturated heterocycles. The maximum atomic E-state index is 11.7. The summed E-state index contributed by atoms with van der Waals surface area (Å²) >= 11 is 5.94. The molecule has 2 nitrogen and oxygen atoms in total. The summed E-state index contributed by atoms with van der Waals surface area (Å²) in [5.74, 6) is 0.0659. The molecule has 1 atom stereocenters. The molecule has 1 aromatic carbocycles. The molecular weight excluding hydrogens is 210 g/mol. The predicted octanol–water partition coefficient (Wildman–Crippen LogP) is 3.71. The van der Waals surface area contributed by atoms with Crippen molar-refractivity contribution in [2.24, 2.45) is 5.92 Å². The van der Waals surface area contributed by atoms with Crippen molar-refractivity contribution < 1.29 is 4.79 Å². The number of hydrogen-bond acceptors (Lipinski definition) is 1. The van der Waals surface area contributed by atoms with Crippen LogP contribution in [0.3, 0.4) is 0 Å². The summed E-state index contributed by atoms with van der Waals surface area (Å²) in [6.07, 6.45) is 1.91. The van der Waals surface area contributed by atoms with E-state index in [-0.39, 0.29) is 11.8 Å². The van der Waals surface area contributed by atoms with Crippen molar-refractivity contribution in [1.29, 1.82) is 0 Å². The highest BCUT2D eigenvalue weighted by atomic mass is 35.5. The zero-order valence-electron chi connectivity index (χ0n) is 9.09. The average Bonchev–Trinajstić information content (AvgIpc) is 2.21. The van der Waals surface area contributed by atoms with Gasteiger partial charge in [0.25, 0.3) is 0 Å². The lowest BCUT2D eigenvalue weighted by atomic mass is 10.1. The third-order valence-corrected chi connectivity index (χ3v) is 2.63. The summed E-state index contributed by atoms with van der Waals surface area (Å²) in [7, 11) is 0. The SMILES string of the molecule is CCCC(C)C(=O)Nc1ccccc1Cl. The van der Waals surface area contributed by atoms with Gasteiger partial charge in [0.1, 0.15) is 0 Å². The van der Waals surface area contributed by atoms with Gasteiger partial charge in [-0.15, -0.1) is 0 Å². The van der Waals surface area contributed by atoms with Gasteiger partial charge in [-0.25, -0.2) is 0 Å². The minimum Gasteiger partial charge on any atom is -0.325 e. The lowest BCUT2D eigenvalue weighted by Crippen LogP contribution is -2.20. The number of para-hydroxylation sites is 1. The quantitative estimate of drug-likeness (QED) is 0.832. The summed E-state index contributed by atoms with van der Waals surface area (Å²) in [5, 5.41) is 3.40. The van der Waals surface area contributed by atoms with Crippen LogP contribution >= 0.6 is 11.6 Å². The highest BCUT2D eigenvalue weighted by Gasteiger charge is 2.12. The van der Waals surface area contributed by atoms with Crippen LogP contribution in [0.2, 0.25) is 5.02 Å². The molecule has 0 aliphatic rings. The molecule has 1 unspecified atom stereocenters. The van der Waals surface area contributed by atoms with Gasteiger partial charge in [0.15, 0.2) is 0 Å². The Balaban J connectivity index is 2.62. The maximum absolute atomic E-state index is 11.7. The van der Waals surface area contributed by atoms with Crippen molar-refractivity contribution in [1.82, 2.24) is 0 Å². The van der Waals surface area contributed by atoms with Gasteiger partial charge in [-0.3, -0.25) is 4.79 Å². The molecule has 15 heavy (non-hydrogen) atoms. The molecule has 3 heteroatoms. The normalized spacial score (nSPS) is 12.2. The highest BCUT2D eigenvalue weighted by Crippen LogP contribution is 2.21. The first-order valence-corrected chi connectivity index (χ1v) is 5.58. The molecule has 0 radical (unpaired) electrons. The summed E-state index contributed by atoms with van der Waals surface area (Å²) < 4.78 is 0. The summed E-state index contributed by atoms with van der Waals surface area (Å²) in [6.45, 7) is 3.99. The minimum atomic E-state index is 0.0324. The Bertz CT molecular complexity index is 338. The van der Waals surface area contributed by atoms with Gasteiger partial charge in [0.2, 0.25) is 5.91 Å². The number of halogens is 1. The van der Waals surface area contributed by atoms with Crippen molar-refractivity contribution >= 4 is 23.2 Å². The van der Waals surface area contributed by atoms with E-state index in [9.17, 15) is 4.79 Å². The van der Waals surface area contributed by atoms with Crippen molar-refractivity contribution in [2.75, 3.05) is 5.32 Å². The first-order valence-electron chi connectivity index (χ1n) is 5.20. The Morgan fingerprint density at radius 2 is 2.13 bits per heavy atom. The van der Waals surface area contributed by atoms with Crippen LogP contribution in [0.25, 0.3) is 0 Å². The molecule has 0 aliphatic carbocycles. The standard InChI is InChI=1S/C12H16ClNO/c1-3-6-9(2)12(15)14-11-8-5-4-7-10(11)13/h4-5,7-9H,3,6H2,1-2H3,(H,14,15).